The van der Waals surface area contributed by atoms with Gasteiger partial charge in [0.25, 0.3) is 0 Å². The van der Waals surface area contributed by atoms with E-state index in [1.807, 2.05) is 0 Å². The third-order valence-electron chi connectivity index (χ3n) is 2.66. The van der Waals surface area contributed by atoms with Crippen molar-refractivity contribution in [2.75, 3.05) is 7.11 Å². The molecule has 0 radical (unpaired) electrons. The average molecular weight is 362 g/mol. The Morgan fingerprint density at radius 2 is 1.80 bits per heavy atom. The maximum atomic E-state index is 13.3. The summed E-state index contributed by atoms with van der Waals surface area (Å²) in [6.07, 6.45) is 0. The summed E-state index contributed by atoms with van der Waals surface area (Å²) in [6.45, 7) is 0. The van der Waals surface area contributed by atoms with Gasteiger partial charge in [-0.3, -0.25) is 4.79 Å². The van der Waals surface area contributed by atoms with Gasteiger partial charge in [0.2, 0.25) is 0 Å². The highest BCUT2D eigenvalue weighted by Gasteiger charge is 2.19. The summed E-state index contributed by atoms with van der Waals surface area (Å²) >= 11 is 9.05. The number of benzene rings is 2. The molecule has 0 spiro atoms. The smallest absolute Gasteiger partial charge is 0.198 e. The largest absolute Gasteiger partial charge is 0.496 e. The van der Waals surface area contributed by atoms with Crippen LogP contribution in [0.1, 0.15) is 15.9 Å². The van der Waals surface area contributed by atoms with Gasteiger partial charge >= 0.3 is 0 Å². The fraction of sp³-hybridized carbons (Fsp3) is 0.0714. The third-order valence-corrected chi connectivity index (χ3v) is 3.47. The van der Waals surface area contributed by atoms with Crippen LogP contribution in [-0.2, 0) is 0 Å². The van der Waals surface area contributed by atoms with Crippen LogP contribution in [-0.4, -0.2) is 12.9 Å². The lowest BCUT2D eigenvalue weighted by molar-refractivity contribution is 0.103. The number of hydrogen-bond acceptors (Lipinski definition) is 2. The molecular formula is C14H8BrClF2O2. The van der Waals surface area contributed by atoms with E-state index < -0.39 is 17.4 Å². The second-order valence-electron chi connectivity index (χ2n) is 3.92. The van der Waals surface area contributed by atoms with Gasteiger partial charge in [0, 0.05) is 10.0 Å². The second-order valence-corrected chi connectivity index (χ2v) is 5.24. The number of rotatable bonds is 3. The molecule has 0 bridgehead atoms. The molecule has 0 N–H and O–H groups in total. The van der Waals surface area contributed by atoms with Gasteiger partial charge in [-0.1, -0.05) is 27.5 Å². The van der Waals surface area contributed by atoms with E-state index in [4.69, 9.17) is 16.3 Å². The summed E-state index contributed by atoms with van der Waals surface area (Å²) in [4.78, 5) is 12.4. The van der Waals surface area contributed by atoms with Crippen LogP contribution in [0, 0.1) is 11.6 Å². The molecule has 0 aliphatic heterocycles. The summed E-state index contributed by atoms with van der Waals surface area (Å²) in [5, 5.41) is -0.154. The molecule has 2 rings (SSSR count). The molecule has 104 valence electrons. The zero-order valence-corrected chi connectivity index (χ0v) is 12.6. The number of ether oxygens (including phenoxy) is 1. The van der Waals surface area contributed by atoms with E-state index in [9.17, 15) is 13.6 Å². The molecule has 0 aromatic heterocycles. The number of carbonyl (C=O) groups is 1. The Hall–Kier alpha value is -1.46. The first-order chi connectivity index (χ1) is 9.43. The van der Waals surface area contributed by atoms with E-state index in [1.54, 1.807) is 12.1 Å². The van der Waals surface area contributed by atoms with Crippen molar-refractivity contribution in [2.24, 2.45) is 0 Å². The van der Waals surface area contributed by atoms with E-state index >= 15 is 0 Å². The van der Waals surface area contributed by atoms with Crippen molar-refractivity contribution in [1.82, 2.24) is 0 Å². The van der Waals surface area contributed by atoms with Crippen LogP contribution in [0.2, 0.25) is 5.02 Å². The number of halogens is 4. The molecule has 0 aliphatic rings. The topological polar surface area (TPSA) is 26.3 Å². The first-order valence-electron chi connectivity index (χ1n) is 5.47. The van der Waals surface area contributed by atoms with Gasteiger partial charge in [0.15, 0.2) is 17.4 Å². The van der Waals surface area contributed by atoms with Crippen LogP contribution < -0.4 is 4.74 Å². The number of methoxy groups -OCH3 is 1. The molecule has 0 heterocycles. The molecule has 2 aromatic rings. The summed E-state index contributed by atoms with van der Waals surface area (Å²) < 4.78 is 32.1. The summed E-state index contributed by atoms with van der Waals surface area (Å²) in [7, 11) is 1.41. The second kappa shape index (κ2) is 5.89. The van der Waals surface area contributed by atoms with Crippen LogP contribution in [0.5, 0.6) is 5.75 Å². The first kappa shape index (κ1) is 14.9. The van der Waals surface area contributed by atoms with E-state index in [0.29, 0.717) is 5.75 Å². The van der Waals surface area contributed by atoms with Gasteiger partial charge < -0.3 is 4.74 Å². The summed E-state index contributed by atoms with van der Waals surface area (Å²) in [5.41, 5.74) is 0.0924. The van der Waals surface area contributed by atoms with Gasteiger partial charge in [-0.15, -0.1) is 0 Å². The maximum absolute atomic E-state index is 13.3. The molecule has 0 fully saturated rings. The summed E-state index contributed by atoms with van der Waals surface area (Å²) in [6, 6.07) is 6.31. The molecule has 0 saturated heterocycles. The quantitative estimate of drug-likeness (QED) is 0.589. The van der Waals surface area contributed by atoms with Crippen molar-refractivity contribution in [3.05, 3.63) is 62.6 Å². The SMILES string of the molecule is COc1cc(Br)ccc1C(=O)c1cc(F)c(F)cc1Cl. The molecule has 0 aliphatic carbocycles. The highest BCUT2D eigenvalue weighted by Crippen LogP contribution is 2.29. The molecular weight excluding hydrogens is 354 g/mol. The maximum Gasteiger partial charge on any atom is 0.198 e. The lowest BCUT2D eigenvalue weighted by atomic mass is 10.0. The standard InChI is InChI=1S/C14H8BrClF2O2/c1-20-13-4-7(15)2-3-8(13)14(19)9-5-11(17)12(18)6-10(9)16/h2-6H,1H3. The molecule has 6 heteroatoms. The highest BCUT2D eigenvalue weighted by molar-refractivity contribution is 9.10. The highest BCUT2D eigenvalue weighted by atomic mass is 79.9. The molecule has 2 nitrogen and oxygen atoms in total. The monoisotopic (exact) mass is 360 g/mol. The van der Waals surface area contributed by atoms with Gasteiger partial charge in [-0.2, -0.15) is 0 Å². The number of ketones is 1. The fourth-order valence-electron chi connectivity index (χ4n) is 1.69. The van der Waals surface area contributed by atoms with Crippen LogP contribution in [0.15, 0.2) is 34.8 Å². The molecule has 0 atom stereocenters. The van der Waals surface area contributed by atoms with Gasteiger partial charge in [-0.25, -0.2) is 8.78 Å². The van der Waals surface area contributed by atoms with Crippen molar-refractivity contribution >= 4 is 33.3 Å². The summed E-state index contributed by atoms with van der Waals surface area (Å²) in [5.74, 6) is -2.47. The van der Waals surface area contributed by atoms with E-state index in [1.165, 1.54) is 13.2 Å². The lowest BCUT2D eigenvalue weighted by Gasteiger charge is -2.09. The van der Waals surface area contributed by atoms with E-state index in [-0.39, 0.29) is 16.1 Å². The predicted octanol–water partition coefficient (Wildman–Crippen LogP) is 4.62. The minimum atomic E-state index is -1.13. The Balaban J connectivity index is 2.54. The van der Waals surface area contributed by atoms with Crippen LogP contribution in [0.4, 0.5) is 8.78 Å². The average Bonchev–Trinajstić information content (AvgIpc) is 2.42. The van der Waals surface area contributed by atoms with Crippen molar-refractivity contribution in [2.45, 2.75) is 0 Å². The number of hydrogen-bond donors (Lipinski definition) is 0. The zero-order valence-electron chi connectivity index (χ0n) is 10.2. The Morgan fingerprint density at radius 3 is 2.45 bits per heavy atom. The number of carbonyl (C=O) groups excluding carboxylic acids is 1. The third kappa shape index (κ3) is 2.83. The molecule has 2 aromatic carbocycles. The van der Waals surface area contributed by atoms with E-state index in [0.717, 1.165) is 16.6 Å². The predicted molar refractivity (Wildman–Crippen MR) is 75.5 cm³/mol. The first-order valence-corrected chi connectivity index (χ1v) is 6.64. The zero-order chi connectivity index (χ0) is 14.9. The fourth-order valence-corrected chi connectivity index (χ4v) is 2.27. The Morgan fingerprint density at radius 1 is 1.15 bits per heavy atom. The van der Waals surface area contributed by atoms with Crippen LogP contribution in [0.3, 0.4) is 0 Å². The molecule has 20 heavy (non-hydrogen) atoms. The normalized spacial score (nSPS) is 10.4. The van der Waals surface area contributed by atoms with Crippen molar-refractivity contribution < 1.29 is 18.3 Å². The lowest BCUT2D eigenvalue weighted by Crippen LogP contribution is -2.06. The van der Waals surface area contributed by atoms with Crippen molar-refractivity contribution in [3.63, 3.8) is 0 Å². The Bertz CT molecular complexity index is 689. The van der Waals surface area contributed by atoms with Gasteiger partial charge in [0.1, 0.15) is 5.75 Å². The van der Waals surface area contributed by atoms with Crippen molar-refractivity contribution in [3.8, 4) is 5.75 Å². The molecule has 0 saturated carbocycles. The van der Waals surface area contributed by atoms with Gasteiger partial charge in [0.05, 0.1) is 17.7 Å². The van der Waals surface area contributed by atoms with Crippen LogP contribution in [0.25, 0.3) is 0 Å². The van der Waals surface area contributed by atoms with Crippen molar-refractivity contribution in [1.29, 1.82) is 0 Å². The van der Waals surface area contributed by atoms with Crippen LogP contribution >= 0.6 is 27.5 Å². The Labute approximate surface area is 127 Å². The van der Waals surface area contributed by atoms with E-state index in [2.05, 4.69) is 15.9 Å². The Kier molecular flexibility index (Phi) is 4.40. The minimum Gasteiger partial charge on any atom is -0.496 e. The minimum absolute atomic E-state index is 0.119. The van der Waals surface area contributed by atoms with Gasteiger partial charge in [-0.05, 0) is 30.3 Å². The molecule has 0 unspecified atom stereocenters. The molecule has 0 amide bonds.